The van der Waals surface area contributed by atoms with Gasteiger partial charge in [0, 0.05) is 30.2 Å². The lowest BCUT2D eigenvalue weighted by atomic mass is 10.0. The standard InChI is InChI=1S/C25H27N5O4/c1-14-9-20(14)29-8-2-3-19(24(29)32)26-22(31)18-10-15-12-30(25-7-6-17(11-25)33-13-25)28-21(15)27-23(18)34-16-4-5-16/h2-3,8,10,12,14,16-17,20H,4-7,9,11,13H2,1H3,(H,26,31)/t14-,17+,20+,25+/m1/s1. The van der Waals surface area contributed by atoms with Crippen molar-refractivity contribution < 1.29 is 14.3 Å². The molecule has 4 atom stereocenters. The molecule has 0 radical (unpaired) electrons. The van der Waals surface area contributed by atoms with Crippen molar-refractivity contribution in [3.8, 4) is 5.88 Å². The van der Waals surface area contributed by atoms with E-state index in [0.29, 0.717) is 29.8 Å². The van der Waals surface area contributed by atoms with Crippen molar-refractivity contribution in [2.24, 2.45) is 5.92 Å². The van der Waals surface area contributed by atoms with E-state index in [1.807, 2.05) is 10.9 Å². The van der Waals surface area contributed by atoms with Crippen LogP contribution in [-0.2, 0) is 10.3 Å². The quantitative estimate of drug-likeness (QED) is 0.605. The van der Waals surface area contributed by atoms with Crippen molar-refractivity contribution in [2.75, 3.05) is 11.9 Å². The van der Waals surface area contributed by atoms with Crippen LogP contribution in [0.4, 0.5) is 5.69 Å². The maximum Gasteiger partial charge on any atom is 0.274 e. The second kappa shape index (κ2) is 7.15. The highest BCUT2D eigenvalue weighted by atomic mass is 16.5. The SMILES string of the molecule is C[C@@H]1C[C@@H]1n1cccc(NC(=O)c2cc3cn([C@@]45CC[C@@H](C4)OC5)nc3nc2OC2CC2)c1=O. The van der Waals surface area contributed by atoms with E-state index in [-0.39, 0.29) is 34.8 Å². The van der Waals surface area contributed by atoms with Crippen LogP contribution in [0, 0.1) is 5.92 Å². The third-order valence-electron chi connectivity index (χ3n) is 7.77. The molecule has 9 heteroatoms. The summed E-state index contributed by atoms with van der Waals surface area (Å²) < 4.78 is 15.6. The third-order valence-corrected chi connectivity index (χ3v) is 7.77. The summed E-state index contributed by atoms with van der Waals surface area (Å²) in [7, 11) is 0. The fourth-order valence-corrected chi connectivity index (χ4v) is 5.40. The Labute approximate surface area is 196 Å². The summed E-state index contributed by atoms with van der Waals surface area (Å²) in [6.07, 6.45) is 10.0. The largest absolute Gasteiger partial charge is 0.474 e. The van der Waals surface area contributed by atoms with Crippen LogP contribution in [0.3, 0.4) is 0 Å². The summed E-state index contributed by atoms with van der Waals surface area (Å²) in [4.78, 5) is 30.9. The van der Waals surface area contributed by atoms with Gasteiger partial charge in [0.25, 0.3) is 11.5 Å². The molecule has 4 heterocycles. The second-order valence-electron chi connectivity index (χ2n) is 10.4. The summed E-state index contributed by atoms with van der Waals surface area (Å²) in [5.41, 5.74) is 0.826. The van der Waals surface area contributed by atoms with Crippen LogP contribution in [0.25, 0.3) is 11.0 Å². The van der Waals surface area contributed by atoms with E-state index in [9.17, 15) is 9.59 Å². The molecule has 3 aromatic heterocycles. The van der Waals surface area contributed by atoms with E-state index in [2.05, 4.69) is 17.2 Å². The maximum absolute atomic E-state index is 13.4. The topological polar surface area (TPSA) is 100 Å². The van der Waals surface area contributed by atoms with E-state index >= 15 is 0 Å². The van der Waals surface area contributed by atoms with Gasteiger partial charge in [0.15, 0.2) is 5.65 Å². The molecule has 34 heavy (non-hydrogen) atoms. The van der Waals surface area contributed by atoms with E-state index in [4.69, 9.17) is 14.6 Å². The summed E-state index contributed by atoms with van der Waals surface area (Å²) in [5, 5.41) is 8.34. The number of nitrogens with one attached hydrogen (secondary N) is 1. The van der Waals surface area contributed by atoms with Crippen molar-refractivity contribution in [1.29, 1.82) is 0 Å². The number of anilines is 1. The van der Waals surface area contributed by atoms with Gasteiger partial charge in [0.2, 0.25) is 5.88 Å². The highest BCUT2D eigenvalue weighted by Gasteiger charge is 2.48. The molecule has 2 bridgehead atoms. The molecule has 7 rings (SSSR count). The van der Waals surface area contributed by atoms with Crippen molar-refractivity contribution in [3.05, 3.63) is 46.5 Å². The number of carbonyl (C=O) groups excluding carboxylic acids is 1. The van der Waals surface area contributed by atoms with Crippen LogP contribution in [0.2, 0.25) is 0 Å². The van der Waals surface area contributed by atoms with Gasteiger partial charge in [-0.1, -0.05) is 6.92 Å². The molecule has 0 unspecified atom stereocenters. The van der Waals surface area contributed by atoms with Crippen LogP contribution in [0.15, 0.2) is 35.4 Å². The Bertz CT molecular complexity index is 1370. The first-order valence-corrected chi connectivity index (χ1v) is 12.2. The van der Waals surface area contributed by atoms with Gasteiger partial charge < -0.3 is 19.4 Å². The fraction of sp³-hybridized carbons (Fsp3) is 0.520. The van der Waals surface area contributed by atoms with Crippen LogP contribution in [0.1, 0.15) is 61.8 Å². The lowest BCUT2D eigenvalue weighted by Gasteiger charge is -2.25. The molecule has 0 aromatic carbocycles. The summed E-state index contributed by atoms with van der Waals surface area (Å²) in [6.45, 7) is 2.78. The van der Waals surface area contributed by atoms with E-state index < -0.39 is 5.91 Å². The number of rotatable bonds is 6. The van der Waals surface area contributed by atoms with Crippen LogP contribution < -0.4 is 15.6 Å². The zero-order chi connectivity index (χ0) is 23.0. The molecule has 1 saturated heterocycles. The molecular weight excluding hydrogens is 434 g/mol. The van der Waals surface area contributed by atoms with Crippen LogP contribution in [0.5, 0.6) is 5.88 Å². The fourth-order valence-electron chi connectivity index (χ4n) is 5.40. The molecule has 1 amide bonds. The van der Waals surface area contributed by atoms with E-state index in [1.165, 1.54) is 0 Å². The smallest absolute Gasteiger partial charge is 0.274 e. The number of carbonyl (C=O) groups is 1. The van der Waals surface area contributed by atoms with Crippen LogP contribution in [-0.4, -0.2) is 44.1 Å². The van der Waals surface area contributed by atoms with Gasteiger partial charge in [-0.05, 0) is 56.2 Å². The molecule has 3 aliphatic carbocycles. The Kier molecular flexibility index (Phi) is 4.25. The Morgan fingerprint density at radius 3 is 2.85 bits per heavy atom. The Morgan fingerprint density at radius 1 is 1.32 bits per heavy atom. The number of amides is 1. The molecule has 4 aliphatic rings. The molecule has 176 valence electrons. The highest BCUT2D eigenvalue weighted by Crippen LogP contribution is 2.45. The first kappa shape index (κ1) is 20.2. The first-order chi connectivity index (χ1) is 16.5. The molecule has 9 nitrogen and oxygen atoms in total. The van der Waals surface area contributed by atoms with Gasteiger partial charge in [-0.3, -0.25) is 14.3 Å². The maximum atomic E-state index is 13.4. The number of pyridine rings is 2. The zero-order valence-corrected chi connectivity index (χ0v) is 19.1. The second-order valence-corrected chi connectivity index (χ2v) is 10.4. The predicted molar refractivity (Wildman–Crippen MR) is 124 cm³/mol. The van der Waals surface area contributed by atoms with Crippen molar-refractivity contribution in [3.63, 3.8) is 0 Å². The lowest BCUT2D eigenvalue weighted by molar-refractivity contribution is 0.0509. The number of ether oxygens (including phenoxy) is 2. The minimum absolute atomic E-state index is 0.0707. The van der Waals surface area contributed by atoms with E-state index in [0.717, 1.165) is 43.9 Å². The molecule has 3 saturated carbocycles. The minimum atomic E-state index is -0.403. The predicted octanol–water partition coefficient (Wildman–Crippen LogP) is 3.25. The lowest BCUT2D eigenvalue weighted by Crippen LogP contribution is -2.33. The van der Waals surface area contributed by atoms with Gasteiger partial charge in [-0.25, -0.2) is 0 Å². The normalized spacial score (nSPS) is 29.5. The Morgan fingerprint density at radius 2 is 2.18 bits per heavy atom. The number of fused-ring (bicyclic) bond motifs is 3. The van der Waals surface area contributed by atoms with Crippen molar-refractivity contribution in [2.45, 2.75) is 69.2 Å². The van der Waals surface area contributed by atoms with Crippen molar-refractivity contribution >= 4 is 22.6 Å². The minimum Gasteiger partial charge on any atom is -0.474 e. The number of hydrogen-bond acceptors (Lipinski definition) is 6. The summed E-state index contributed by atoms with van der Waals surface area (Å²) in [5.74, 6) is 0.347. The summed E-state index contributed by atoms with van der Waals surface area (Å²) >= 11 is 0. The number of nitrogens with zero attached hydrogens (tertiary/aromatic N) is 4. The third kappa shape index (κ3) is 3.25. The van der Waals surface area contributed by atoms with Gasteiger partial charge >= 0.3 is 0 Å². The van der Waals surface area contributed by atoms with E-state index in [1.54, 1.807) is 29.0 Å². The molecule has 4 fully saturated rings. The molecule has 3 aromatic rings. The number of aromatic nitrogens is 4. The first-order valence-electron chi connectivity index (χ1n) is 12.2. The Balaban J connectivity index is 1.24. The average molecular weight is 462 g/mol. The molecule has 1 N–H and O–H groups in total. The monoisotopic (exact) mass is 461 g/mol. The summed E-state index contributed by atoms with van der Waals surface area (Å²) in [6, 6.07) is 5.43. The zero-order valence-electron chi connectivity index (χ0n) is 19.1. The highest BCUT2D eigenvalue weighted by molar-refractivity contribution is 6.07. The molecular formula is C25H27N5O4. The molecule has 0 spiro atoms. The van der Waals surface area contributed by atoms with Crippen molar-refractivity contribution in [1.82, 2.24) is 19.3 Å². The van der Waals surface area contributed by atoms with Gasteiger partial charge in [0.05, 0.1) is 18.2 Å². The van der Waals surface area contributed by atoms with Crippen LogP contribution >= 0.6 is 0 Å². The molecule has 1 aliphatic heterocycles. The number of hydrogen-bond donors (Lipinski definition) is 1. The van der Waals surface area contributed by atoms with Gasteiger partial charge in [0.1, 0.15) is 17.4 Å². The van der Waals surface area contributed by atoms with Gasteiger partial charge in [-0.15, -0.1) is 0 Å². The van der Waals surface area contributed by atoms with Gasteiger partial charge in [-0.2, -0.15) is 10.1 Å². The average Bonchev–Trinajstić information content (AvgIpc) is 3.62. The Hall–Kier alpha value is -3.20.